The minimum absolute atomic E-state index is 0.0633. The van der Waals surface area contributed by atoms with E-state index >= 15 is 0 Å². The van der Waals surface area contributed by atoms with Gasteiger partial charge in [0.1, 0.15) is 11.6 Å². The van der Waals surface area contributed by atoms with Crippen molar-refractivity contribution in [3.63, 3.8) is 0 Å². The molecule has 2 aromatic carbocycles. The van der Waals surface area contributed by atoms with E-state index < -0.39 is 11.7 Å². The number of carbonyl (C=O) groups excluding carboxylic acids is 1. The van der Waals surface area contributed by atoms with Crippen LogP contribution < -0.4 is 11.1 Å². The number of amides is 1. The molecule has 0 heterocycles. The Morgan fingerprint density at radius 3 is 2.52 bits per heavy atom. The summed E-state index contributed by atoms with van der Waals surface area (Å²) in [6, 6.07) is 8.80. The monoisotopic (exact) mass is 290 g/mol. The predicted molar refractivity (Wildman–Crippen MR) is 78.0 cm³/mol. The predicted octanol–water partition coefficient (Wildman–Crippen LogP) is 2.83. The van der Waals surface area contributed by atoms with Gasteiger partial charge in [0.05, 0.1) is 5.56 Å². The minimum Gasteiger partial charge on any atom is -0.399 e. The maximum atomic E-state index is 13.9. The topological polar surface area (TPSA) is 55.1 Å². The molecule has 110 valence electrons. The van der Waals surface area contributed by atoms with Crippen LogP contribution in [0.25, 0.3) is 0 Å². The second-order valence-electron chi connectivity index (χ2n) is 4.83. The molecule has 0 fully saturated rings. The summed E-state index contributed by atoms with van der Waals surface area (Å²) < 4.78 is 26.6. The number of hydrogen-bond acceptors (Lipinski definition) is 2. The summed E-state index contributed by atoms with van der Waals surface area (Å²) in [4.78, 5) is 11.9. The third-order valence-corrected chi connectivity index (χ3v) is 3.13. The Balaban J connectivity index is 1.97. The standard InChI is InChI=1S/C16H16F2N2O/c1-10-8-13(19)9-14(15(10)18)16(21)20-7-6-11-2-4-12(17)5-3-11/h2-5,8-9H,6-7,19H2,1H3,(H,20,21). The van der Waals surface area contributed by atoms with E-state index in [1.807, 2.05) is 0 Å². The van der Waals surface area contributed by atoms with Crippen molar-refractivity contribution in [3.8, 4) is 0 Å². The fraction of sp³-hybridized carbons (Fsp3) is 0.188. The van der Waals surface area contributed by atoms with Crippen LogP contribution in [-0.4, -0.2) is 12.5 Å². The average Bonchev–Trinajstić information content (AvgIpc) is 2.44. The lowest BCUT2D eigenvalue weighted by Crippen LogP contribution is -2.27. The number of nitrogen functional groups attached to an aromatic ring is 1. The number of nitrogens with one attached hydrogen (secondary N) is 1. The van der Waals surface area contributed by atoms with Crippen LogP contribution in [-0.2, 0) is 6.42 Å². The van der Waals surface area contributed by atoms with Crippen molar-refractivity contribution in [2.24, 2.45) is 0 Å². The molecule has 0 bridgehead atoms. The smallest absolute Gasteiger partial charge is 0.254 e. The van der Waals surface area contributed by atoms with E-state index in [2.05, 4.69) is 5.32 Å². The van der Waals surface area contributed by atoms with Crippen molar-refractivity contribution in [2.45, 2.75) is 13.3 Å². The maximum Gasteiger partial charge on any atom is 0.254 e. The molecule has 2 rings (SSSR count). The second kappa shape index (κ2) is 6.35. The zero-order valence-corrected chi connectivity index (χ0v) is 11.6. The van der Waals surface area contributed by atoms with E-state index in [9.17, 15) is 13.6 Å². The molecule has 1 amide bonds. The SMILES string of the molecule is Cc1cc(N)cc(C(=O)NCCc2ccc(F)cc2)c1F. The first-order valence-corrected chi connectivity index (χ1v) is 6.55. The molecule has 21 heavy (non-hydrogen) atoms. The molecule has 0 unspecified atom stereocenters. The van der Waals surface area contributed by atoms with Gasteiger partial charge >= 0.3 is 0 Å². The molecular weight excluding hydrogens is 274 g/mol. The number of rotatable bonds is 4. The Kier molecular flexibility index (Phi) is 4.52. The molecule has 5 heteroatoms. The molecule has 0 atom stereocenters. The van der Waals surface area contributed by atoms with Gasteiger partial charge in [-0.3, -0.25) is 4.79 Å². The van der Waals surface area contributed by atoms with E-state index in [0.717, 1.165) is 5.56 Å². The Morgan fingerprint density at radius 1 is 1.19 bits per heavy atom. The molecule has 0 aromatic heterocycles. The van der Waals surface area contributed by atoms with Crippen LogP contribution in [0, 0.1) is 18.6 Å². The van der Waals surface area contributed by atoms with Crippen LogP contribution in [0.2, 0.25) is 0 Å². The third-order valence-electron chi connectivity index (χ3n) is 3.13. The highest BCUT2D eigenvalue weighted by atomic mass is 19.1. The summed E-state index contributed by atoms with van der Waals surface area (Å²) >= 11 is 0. The number of carbonyl (C=O) groups is 1. The highest BCUT2D eigenvalue weighted by Crippen LogP contribution is 2.17. The lowest BCUT2D eigenvalue weighted by atomic mass is 10.1. The lowest BCUT2D eigenvalue weighted by Gasteiger charge is -2.09. The van der Waals surface area contributed by atoms with Gasteiger partial charge in [-0.1, -0.05) is 12.1 Å². The summed E-state index contributed by atoms with van der Waals surface area (Å²) in [6.45, 7) is 1.89. The molecule has 0 radical (unpaired) electrons. The van der Waals surface area contributed by atoms with Gasteiger partial charge < -0.3 is 11.1 Å². The van der Waals surface area contributed by atoms with Crippen LogP contribution in [0.3, 0.4) is 0 Å². The first kappa shape index (κ1) is 15.0. The van der Waals surface area contributed by atoms with E-state index in [-0.39, 0.29) is 11.4 Å². The van der Waals surface area contributed by atoms with Crippen molar-refractivity contribution >= 4 is 11.6 Å². The van der Waals surface area contributed by atoms with Crippen LogP contribution >= 0.6 is 0 Å². The summed E-state index contributed by atoms with van der Waals surface area (Å²) in [7, 11) is 0. The minimum atomic E-state index is -0.566. The van der Waals surface area contributed by atoms with Gasteiger partial charge in [0, 0.05) is 12.2 Å². The maximum absolute atomic E-state index is 13.9. The Hall–Kier alpha value is -2.43. The van der Waals surface area contributed by atoms with E-state index in [1.165, 1.54) is 24.3 Å². The molecule has 2 aromatic rings. The molecule has 0 aliphatic heterocycles. The Morgan fingerprint density at radius 2 is 1.86 bits per heavy atom. The largest absolute Gasteiger partial charge is 0.399 e. The van der Waals surface area contributed by atoms with Gasteiger partial charge in [0.15, 0.2) is 0 Å². The van der Waals surface area contributed by atoms with E-state index in [0.29, 0.717) is 24.2 Å². The second-order valence-corrected chi connectivity index (χ2v) is 4.83. The van der Waals surface area contributed by atoms with Gasteiger partial charge in [-0.05, 0) is 48.7 Å². The first-order chi connectivity index (χ1) is 9.97. The van der Waals surface area contributed by atoms with Gasteiger partial charge in [-0.25, -0.2) is 8.78 Å². The fourth-order valence-corrected chi connectivity index (χ4v) is 2.03. The highest BCUT2D eigenvalue weighted by molar-refractivity contribution is 5.95. The van der Waals surface area contributed by atoms with Gasteiger partial charge in [0.2, 0.25) is 0 Å². The zero-order chi connectivity index (χ0) is 15.4. The zero-order valence-electron chi connectivity index (χ0n) is 11.6. The Labute approximate surface area is 121 Å². The van der Waals surface area contributed by atoms with Crippen molar-refractivity contribution in [3.05, 3.63) is 64.7 Å². The van der Waals surface area contributed by atoms with Gasteiger partial charge in [0.25, 0.3) is 5.91 Å². The van der Waals surface area contributed by atoms with Crippen molar-refractivity contribution in [1.29, 1.82) is 0 Å². The number of anilines is 1. The molecule has 3 N–H and O–H groups in total. The van der Waals surface area contributed by atoms with Crippen LogP contribution in [0.1, 0.15) is 21.5 Å². The molecule has 3 nitrogen and oxygen atoms in total. The van der Waals surface area contributed by atoms with Gasteiger partial charge in [-0.15, -0.1) is 0 Å². The van der Waals surface area contributed by atoms with Crippen molar-refractivity contribution in [2.75, 3.05) is 12.3 Å². The van der Waals surface area contributed by atoms with Crippen LogP contribution in [0.5, 0.6) is 0 Å². The Bertz CT molecular complexity index is 654. The number of nitrogens with two attached hydrogens (primary N) is 1. The molecular formula is C16H16F2N2O. The summed E-state index contributed by atoms with van der Waals surface area (Å²) in [5.41, 5.74) is 7.12. The fourth-order valence-electron chi connectivity index (χ4n) is 2.03. The van der Waals surface area contributed by atoms with E-state index in [4.69, 9.17) is 5.73 Å². The number of hydrogen-bond donors (Lipinski definition) is 2. The molecule has 0 spiro atoms. The van der Waals surface area contributed by atoms with E-state index in [1.54, 1.807) is 19.1 Å². The van der Waals surface area contributed by atoms with Crippen molar-refractivity contribution in [1.82, 2.24) is 5.32 Å². The van der Waals surface area contributed by atoms with Crippen molar-refractivity contribution < 1.29 is 13.6 Å². The highest BCUT2D eigenvalue weighted by Gasteiger charge is 2.14. The summed E-state index contributed by atoms with van der Waals surface area (Å²) in [5, 5.41) is 2.63. The first-order valence-electron chi connectivity index (χ1n) is 6.55. The lowest BCUT2D eigenvalue weighted by molar-refractivity contribution is 0.0950. The number of halogens is 2. The quantitative estimate of drug-likeness (QED) is 0.851. The average molecular weight is 290 g/mol. The summed E-state index contributed by atoms with van der Waals surface area (Å²) in [6.07, 6.45) is 0.537. The number of aryl methyl sites for hydroxylation is 1. The molecule has 0 saturated carbocycles. The summed E-state index contributed by atoms with van der Waals surface area (Å²) in [5.74, 6) is -1.38. The molecule has 0 aliphatic rings. The molecule has 0 aliphatic carbocycles. The van der Waals surface area contributed by atoms with Gasteiger partial charge in [-0.2, -0.15) is 0 Å². The number of benzene rings is 2. The van der Waals surface area contributed by atoms with Crippen LogP contribution in [0.15, 0.2) is 36.4 Å². The normalized spacial score (nSPS) is 10.4. The van der Waals surface area contributed by atoms with Crippen LogP contribution in [0.4, 0.5) is 14.5 Å². The third kappa shape index (κ3) is 3.78. The molecule has 0 saturated heterocycles.